The average Bonchev–Trinajstić information content (AvgIpc) is 1.87. The van der Waals surface area contributed by atoms with Gasteiger partial charge >= 0.3 is 0 Å². The van der Waals surface area contributed by atoms with Crippen LogP contribution in [0.3, 0.4) is 0 Å². The van der Waals surface area contributed by atoms with E-state index in [-0.39, 0.29) is 0 Å². The molecule has 1 nitrogen and oxygen atoms in total. The van der Waals surface area contributed by atoms with Gasteiger partial charge in [0.05, 0.1) is 0 Å². The minimum absolute atomic E-state index is 0.548. The largest absolute Gasteiger partial charge is 0.314 e. The molecule has 0 aromatic carbocycles. The predicted molar refractivity (Wildman–Crippen MR) is 51.7 cm³/mol. The molecule has 11 heavy (non-hydrogen) atoms. The minimum atomic E-state index is 0.548. The Labute approximate surface area is 70.2 Å². The number of hydrogen-bond donors (Lipinski definition) is 1. The molecular weight excluding hydrogens is 134 g/mol. The monoisotopic (exact) mass is 153 g/mol. The maximum atomic E-state index is 3.84. The fourth-order valence-electron chi connectivity index (χ4n) is 0.865. The lowest BCUT2D eigenvalue weighted by Gasteiger charge is -2.10. The molecule has 1 heteroatoms. The molecular formula is C10H19N. The summed E-state index contributed by atoms with van der Waals surface area (Å²) in [6.45, 7) is 12.8. The Morgan fingerprint density at radius 1 is 1.64 bits per heavy atom. The molecule has 0 heterocycles. The second-order valence-corrected chi connectivity index (χ2v) is 3.09. The van der Waals surface area contributed by atoms with Gasteiger partial charge in [0.15, 0.2) is 0 Å². The molecule has 0 aliphatic rings. The van der Waals surface area contributed by atoms with Crippen molar-refractivity contribution in [2.45, 2.75) is 32.7 Å². The second kappa shape index (κ2) is 6.17. The summed E-state index contributed by atoms with van der Waals surface area (Å²) in [5.41, 5.74) is 1.24. The van der Waals surface area contributed by atoms with Crippen molar-refractivity contribution in [3.8, 4) is 0 Å². The quantitative estimate of drug-likeness (QED) is 0.578. The summed E-state index contributed by atoms with van der Waals surface area (Å²) >= 11 is 0. The van der Waals surface area contributed by atoms with Crippen LogP contribution in [0.2, 0.25) is 0 Å². The van der Waals surface area contributed by atoms with Crippen LogP contribution in [0.4, 0.5) is 0 Å². The molecule has 0 bridgehead atoms. The van der Waals surface area contributed by atoms with Gasteiger partial charge in [-0.15, -0.1) is 13.2 Å². The zero-order chi connectivity index (χ0) is 8.69. The van der Waals surface area contributed by atoms with Crippen LogP contribution in [-0.2, 0) is 0 Å². The molecule has 64 valence electrons. The van der Waals surface area contributed by atoms with E-state index in [0.29, 0.717) is 6.04 Å². The number of hydrogen-bond acceptors (Lipinski definition) is 1. The van der Waals surface area contributed by atoms with Crippen LogP contribution in [0, 0.1) is 0 Å². The lowest BCUT2D eigenvalue weighted by atomic mass is 10.2. The first-order valence-electron chi connectivity index (χ1n) is 4.15. The summed E-state index contributed by atoms with van der Waals surface area (Å²) in [7, 11) is 0. The third-order valence-electron chi connectivity index (χ3n) is 1.56. The van der Waals surface area contributed by atoms with Crippen LogP contribution in [0.1, 0.15) is 26.7 Å². The molecule has 1 N–H and O–H groups in total. The predicted octanol–water partition coefficient (Wildman–Crippen LogP) is 2.51. The summed E-state index contributed by atoms with van der Waals surface area (Å²) in [5, 5.41) is 3.38. The van der Waals surface area contributed by atoms with Gasteiger partial charge in [0, 0.05) is 6.04 Å². The Morgan fingerprint density at radius 3 is 2.73 bits per heavy atom. The van der Waals surface area contributed by atoms with E-state index >= 15 is 0 Å². The average molecular weight is 153 g/mol. The standard InChI is InChI=1S/C10H19N/c1-5-6-10(4)11-8-7-9(2)3/h5,10-11H,1-2,6-8H2,3-4H3. The summed E-state index contributed by atoms with van der Waals surface area (Å²) in [6, 6.07) is 0.548. The maximum absolute atomic E-state index is 3.84. The van der Waals surface area contributed by atoms with Gasteiger partial charge in [0.25, 0.3) is 0 Å². The second-order valence-electron chi connectivity index (χ2n) is 3.09. The lowest BCUT2D eigenvalue weighted by Crippen LogP contribution is -2.26. The van der Waals surface area contributed by atoms with E-state index in [9.17, 15) is 0 Å². The smallest absolute Gasteiger partial charge is 0.00732 e. The van der Waals surface area contributed by atoms with E-state index in [1.165, 1.54) is 5.57 Å². The molecule has 0 aromatic heterocycles. The Balaban J connectivity index is 3.23. The first-order valence-corrected chi connectivity index (χ1v) is 4.15. The number of nitrogens with one attached hydrogen (secondary N) is 1. The summed E-state index contributed by atoms with van der Waals surface area (Å²) < 4.78 is 0. The molecule has 0 saturated carbocycles. The van der Waals surface area contributed by atoms with E-state index in [1.807, 2.05) is 6.08 Å². The van der Waals surface area contributed by atoms with Crippen molar-refractivity contribution in [3.05, 3.63) is 24.8 Å². The SMILES string of the molecule is C=CCC(C)NCCC(=C)C. The molecule has 0 spiro atoms. The zero-order valence-corrected chi connectivity index (χ0v) is 7.69. The highest BCUT2D eigenvalue weighted by Crippen LogP contribution is 1.95. The first-order chi connectivity index (χ1) is 5.16. The van der Waals surface area contributed by atoms with E-state index in [4.69, 9.17) is 0 Å². The third-order valence-corrected chi connectivity index (χ3v) is 1.56. The van der Waals surface area contributed by atoms with Crippen LogP contribution in [-0.4, -0.2) is 12.6 Å². The third kappa shape index (κ3) is 7.34. The lowest BCUT2D eigenvalue weighted by molar-refractivity contribution is 0.556. The summed E-state index contributed by atoms with van der Waals surface area (Å²) in [5.74, 6) is 0. The minimum Gasteiger partial charge on any atom is -0.314 e. The van der Waals surface area contributed by atoms with Crippen molar-refractivity contribution in [2.75, 3.05) is 6.54 Å². The van der Waals surface area contributed by atoms with Crippen LogP contribution >= 0.6 is 0 Å². The van der Waals surface area contributed by atoms with Gasteiger partial charge in [-0.25, -0.2) is 0 Å². The number of rotatable bonds is 6. The molecule has 1 atom stereocenters. The molecule has 0 aliphatic carbocycles. The highest BCUT2D eigenvalue weighted by atomic mass is 14.9. The van der Waals surface area contributed by atoms with E-state index < -0.39 is 0 Å². The molecule has 0 fully saturated rings. The fourth-order valence-corrected chi connectivity index (χ4v) is 0.865. The van der Waals surface area contributed by atoms with Crippen LogP contribution in [0.5, 0.6) is 0 Å². The highest BCUT2D eigenvalue weighted by Gasteiger charge is 1.96. The fraction of sp³-hybridized carbons (Fsp3) is 0.600. The summed E-state index contributed by atoms with van der Waals surface area (Å²) in [6.07, 6.45) is 4.05. The Hall–Kier alpha value is -0.560. The van der Waals surface area contributed by atoms with Gasteiger partial charge in [0.2, 0.25) is 0 Å². The summed E-state index contributed by atoms with van der Waals surface area (Å²) in [4.78, 5) is 0. The highest BCUT2D eigenvalue weighted by molar-refractivity contribution is 4.88. The Kier molecular flexibility index (Phi) is 5.86. The van der Waals surface area contributed by atoms with E-state index in [0.717, 1.165) is 19.4 Å². The molecule has 1 unspecified atom stereocenters. The maximum Gasteiger partial charge on any atom is 0.00732 e. The van der Waals surface area contributed by atoms with Gasteiger partial charge in [-0.05, 0) is 33.2 Å². The zero-order valence-electron chi connectivity index (χ0n) is 7.69. The molecule has 0 rings (SSSR count). The van der Waals surface area contributed by atoms with Crippen LogP contribution in [0.25, 0.3) is 0 Å². The van der Waals surface area contributed by atoms with E-state index in [1.54, 1.807) is 0 Å². The molecule has 0 amide bonds. The Morgan fingerprint density at radius 2 is 2.27 bits per heavy atom. The van der Waals surface area contributed by atoms with Crippen LogP contribution in [0.15, 0.2) is 24.8 Å². The van der Waals surface area contributed by atoms with Gasteiger partial charge in [-0.1, -0.05) is 11.6 Å². The first kappa shape index (κ1) is 10.4. The molecule has 0 aromatic rings. The van der Waals surface area contributed by atoms with Crippen molar-refractivity contribution in [1.29, 1.82) is 0 Å². The van der Waals surface area contributed by atoms with Crippen molar-refractivity contribution in [2.24, 2.45) is 0 Å². The van der Waals surface area contributed by atoms with Gasteiger partial charge < -0.3 is 5.32 Å². The van der Waals surface area contributed by atoms with Gasteiger partial charge in [-0.2, -0.15) is 0 Å². The molecule has 0 radical (unpaired) electrons. The normalized spacial score (nSPS) is 12.5. The topological polar surface area (TPSA) is 12.0 Å². The van der Waals surface area contributed by atoms with Crippen LogP contribution < -0.4 is 5.32 Å². The van der Waals surface area contributed by atoms with Crippen molar-refractivity contribution in [3.63, 3.8) is 0 Å². The van der Waals surface area contributed by atoms with E-state index in [2.05, 4.69) is 32.3 Å². The molecule has 0 aliphatic heterocycles. The molecule has 0 saturated heterocycles. The van der Waals surface area contributed by atoms with Crippen molar-refractivity contribution in [1.82, 2.24) is 5.32 Å². The van der Waals surface area contributed by atoms with Gasteiger partial charge in [-0.3, -0.25) is 0 Å². The van der Waals surface area contributed by atoms with Crippen molar-refractivity contribution >= 4 is 0 Å². The Bertz CT molecular complexity index is 127. The van der Waals surface area contributed by atoms with Gasteiger partial charge in [0.1, 0.15) is 0 Å². The van der Waals surface area contributed by atoms with Crippen molar-refractivity contribution < 1.29 is 0 Å².